The molecule has 2 N–H and O–H groups in total. The Bertz CT molecular complexity index is 655. The highest BCUT2D eigenvalue weighted by Gasteiger charge is 2.22. The van der Waals surface area contributed by atoms with E-state index in [4.69, 9.17) is 0 Å². The summed E-state index contributed by atoms with van der Waals surface area (Å²) in [5.74, 6) is 2.86. The van der Waals surface area contributed by atoms with Gasteiger partial charge in [0.2, 0.25) is 5.91 Å². The molecule has 0 unspecified atom stereocenters. The predicted octanol–water partition coefficient (Wildman–Crippen LogP) is 2.87. The molecule has 1 aliphatic carbocycles. The molecule has 30 heavy (non-hydrogen) atoms. The molecule has 1 amide bonds. The van der Waals surface area contributed by atoms with Gasteiger partial charge in [0.15, 0.2) is 5.96 Å². The van der Waals surface area contributed by atoms with Crippen molar-refractivity contribution in [2.75, 3.05) is 44.2 Å². The standard InChI is InChI=1S/C22H36N6O.HI/c1-3-23-22(26-19-9-7-18(2)8-10-19)25-13-11-21(29)28-16-14-27(15-17-28)20-6-4-5-12-24-20;/h4-6,12,18-19H,3,7-11,13-17H2,1-2H3,(H2,23,25,26);1H. The molecular weight excluding hydrogens is 491 g/mol. The van der Waals surface area contributed by atoms with Crippen LogP contribution in [0.5, 0.6) is 0 Å². The van der Waals surface area contributed by atoms with Gasteiger partial charge in [-0.2, -0.15) is 0 Å². The zero-order valence-corrected chi connectivity index (χ0v) is 20.7. The van der Waals surface area contributed by atoms with E-state index in [0.29, 0.717) is 19.0 Å². The number of piperazine rings is 1. The van der Waals surface area contributed by atoms with Crippen molar-refractivity contribution in [3.05, 3.63) is 24.4 Å². The first-order chi connectivity index (χ1) is 14.2. The minimum atomic E-state index is 0. The topological polar surface area (TPSA) is 72.9 Å². The maximum absolute atomic E-state index is 12.6. The molecule has 1 saturated carbocycles. The highest BCUT2D eigenvalue weighted by molar-refractivity contribution is 14.0. The summed E-state index contributed by atoms with van der Waals surface area (Å²) in [4.78, 5) is 25.8. The monoisotopic (exact) mass is 528 g/mol. The normalized spacial score (nSPS) is 22.3. The Morgan fingerprint density at radius 2 is 1.90 bits per heavy atom. The van der Waals surface area contributed by atoms with Gasteiger partial charge in [-0.1, -0.05) is 13.0 Å². The van der Waals surface area contributed by atoms with Gasteiger partial charge < -0.3 is 20.4 Å². The third kappa shape index (κ3) is 7.59. The molecule has 1 aliphatic heterocycles. The third-order valence-electron chi connectivity index (χ3n) is 5.90. The first kappa shape index (κ1) is 24.7. The number of hydrogen-bond donors (Lipinski definition) is 2. The molecule has 0 atom stereocenters. The maximum atomic E-state index is 12.6. The van der Waals surface area contributed by atoms with E-state index >= 15 is 0 Å². The summed E-state index contributed by atoms with van der Waals surface area (Å²) >= 11 is 0. The molecule has 2 aliphatic rings. The summed E-state index contributed by atoms with van der Waals surface area (Å²) in [5, 5.41) is 6.87. The average Bonchev–Trinajstić information content (AvgIpc) is 2.76. The summed E-state index contributed by atoms with van der Waals surface area (Å²) < 4.78 is 0. The van der Waals surface area contributed by atoms with Crippen molar-refractivity contribution in [3.63, 3.8) is 0 Å². The van der Waals surface area contributed by atoms with Crippen molar-refractivity contribution in [3.8, 4) is 0 Å². The van der Waals surface area contributed by atoms with Crippen LogP contribution in [0.3, 0.4) is 0 Å². The van der Waals surface area contributed by atoms with Crippen molar-refractivity contribution >= 4 is 41.7 Å². The molecule has 2 fully saturated rings. The number of nitrogens with one attached hydrogen (secondary N) is 2. The SMILES string of the molecule is CCNC(=NCCC(=O)N1CCN(c2ccccn2)CC1)NC1CCC(C)CC1.I. The first-order valence-electron chi connectivity index (χ1n) is 11.1. The van der Waals surface area contributed by atoms with Crippen molar-refractivity contribution in [1.29, 1.82) is 0 Å². The van der Waals surface area contributed by atoms with E-state index in [1.807, 2.05) is 29.3 Å². The van der Waals surface area contributed by atoms with Gasteiger partial charge >= 0.3 is 0 Å². The predicted molar refractivity (Wildman–Crippen MR) is 134 cm³/mol. The number of aromatic nitrogens is 1. The third-order valence-corrected chi connectivity index (χ3v) is 5.90. The van der Waals surface area contributed by atoms with Crippen LogP contribution >= 0.6 is 24.0 Å². The van der Waals surface area contributed by atoms with Gasteiger partial charge in [-0.15, -0.1) is 24.0 Å². The first-order valence-corrected chi connectivity index (χ1v) is 11.1. The Morgan fingerprint density at radius 3 is 2.53 bits per heavy atom. The van der Waals surface area contributed by atoms with Crippen molar-refractivity contribution in [2.24, 2.45) is 10.9 Å². The van der Waals surface area contributed by atoms with E-state index in [0.717, 1.165) is 50.4 Å². The lowest BCUT2D eigenvalue weighted by molar-refractivity contribution is -0.131. The van der Waals surface area contributed by atoms with Gasteiger partial charge in [-0.25, -0.2) is 4.98 Å². The highest BCUT2D eigenvalue weighted by Crippen LogP contribution is 2.23. The van der Waals surface area contributed by atoms with E-state index < -0.39 is 0 Å². The Morgan fingerprint density at radius 1 is 1.17 bits per heavy atom. The smallest absolute Gasteiger partial charge is 0.224 e. The van der Waals surface area contributed by atoms with Crippen LogP contribution < -0.4 is 15.5 Å². The number of aliphatic imine (C=N–C) groups is 1. The van der Waals surface area contributed by atoms with Gasteiger partial charge in [-0.3, -0.25) is 9.79 Å². The van der Waals surface area contributed by atoms with Gasteiger partial charge in [-0.05, 0) is 50.7 Å². The van der Waals surface area contributed by atoms with Gasteiger partial charge in [0, 0.05) is 51.4 Å². The summed E-state index contributed by atoms with van der Waals surface area (Å²) in [6, 6.07) is 6.45. The summed E-state index contributed by atoms with van der Waals surface area (Å²) in [5.41, 5.74) is 0. The number of nitrogens with zero attached hydrogens (tertiary/aromatic N) is 4. The minimum Gasteiger partial charge on any atom is -0.357 e. The fourth-order valence-electron chi connectivity index (χ4n) is 4.07. The second kappa shape index (κ2) is 13.0. The molecule has 0 bridgehead atoms. The van der Waals surface area contributed by atoms with Crippen LogP contribution in [-0.4, -0.2) is 67.1 Å². The lowest BCUT2D eigenvalue weighted by Gasteiger charge is -2.35. The van der Waals surface area contributed by atoms with E-state index in [1.54, 1.807) is 0 Å². The Kier molecular flexibility index (Phi) is 10.7. The lowest BCUT2D eigenvalue weighted by Crippen LogP contribution is -2.49. The molecule has 2 heterocycles. The quantitative estimate of drug-likeness (QED) is 0.338. The summed E-state index contributed by atoms with van der Waals surface area (Å²) in [6.45, 7) is 8.92. The number of amides is 1. The number of carbonyl (C=O) groups excluding carboxylic acids is 1. The highest BCUT2D eigenvalue weighted by atomic mass is 127. The van der Waals surface area contributed by atoms with E-state index in [2.05, 4.69) is 39.4 Å². The molecule has 1 saturated heterocycles. The number of carbonyl (C=O) groups is 1. The van der Waals surface area contributed by atoms with Crippen LogP contribution in [-0.2, 0) is 4.79 Å². The van der Waals surface area contributed by atoms with Crippen LogP contribution in [0.4, 0.5) is 5.82 Å². The molecule has 1 aromatic rings. The maximum Gasteiger partial charge on any atom is 0.224 e. The molecule has 0 spiro atoms. The van der Waals surface area contributed by atoms with E-state index in [9.17, 15) is 4.79 Å². The molecule has 0 radical (unpaired) electrons. The van der Waals surface area contributed by atoms with Crippen LogP contribution in [0.15, 0.2) is 29.4 Å². The zero-order chi connectivity index (χ0) is 20.5. The number of hydrogen-bond acceptors (Lipinski definition) is 4. The fraction of sp³-hybridized carbons (Fsp3) is 0.682. The molecular formula is C22H37IN6O. The molecule has 1 aromatic heterocycles. The van der Waals surface area contributed by atoms with Crippen LogP contribution in [0.25, 0.3) is 0 Å². The molecule has 3 rings (SSSR count). The fourth-order valence-corrected chi connectivity index (χ4v) is 4.07. The number of pyridine rings is 1. The number of anilines is 1. The Hall–Kier alpha value is -1.58. The summed E-state index contributed by atoms with van der Waals surface area (Å²) in [6.07, 6.45) is 7.23. The van der Waals surface area contributed by atoms with Crippen LogP contribution in [0.2, 0.25) is 0 Å². The van der Waals surface area contributed by atoms with E-state index in [1.165, 1.54) is 25.7 Å². The average molecular weight is 528 g/mol. The Labute approximate surface area is 198 Å². The lowest BCUT2D eigenvalue weighted by atomic mass is 9.87. The summed E-state index contributed by atoms with van der Waals surface area (Å²) in [7, 11) is 0. The zero-order valence-electron chi connectivity index (χ0n) is 18.3. The van der Waals surface area contributed by atoms with E-state index in [-0.39, 0.29) is 29.9 Å². The van der Waals surface area contributed by atoms with Gasteiger partial charge in [0.05, 0.1) is 6.54 Å². The second-order valence-electron chi connectivity index (χ2n) is 8.17. The second-order valence-corrected chi connectivity index (χ2v) is 8.17. The number of rotatable bonds is 6. The number of guanidine groups is 1. The number of halogens is 1. The van der Waals surface area contributed by atoms with Crippen molar-refractivity contribution in [2.45, 2.75) is 52.0 Å². The molecule has 0 aromatic carbocycles. The molecule has 168 valence electrons. The molecule has 7 nitrogen and oxygen atoms in total. The van der Waals surface area contributed by atoms with Crippen LogP contribution in [0, 0.1) is 5.92 Å². The van der Waals surface area contributed by atoms with Gasteiger partial charge in [0.1, 0.15) is 5.82 Å². The molecule has 8 heteroatoms. The largest absolute Gasteiger partial charge is 0.357 e. The Balaban J connectivity index is 0.00000320. The minimum absolute atomic E-state index is 0. The van der Waals surface area contributed by atoms with Crippen molar-refractivity contribution < 1.29 is 4.79 Å². The van der Waals surface area contributed by atoms with Crippen molar-refractivity contribution in [1.82, 2.24) is 20.5 Å². The van der Waals surface area contributed by atoms with Crippen LogP contribution in [0.1, 0.15) is 46.0 Å². The van der Waals surface area contributed by atoms with Gasteiger partial charge in [0.25, 0.3) is 0 Å².